The summed E-state index contributed by atoms with van der Waals surface area (Å²) in [6.07, 6.45) is 4.99. The molecule has 0 aliphatic rings. The van der Waals surface area contributed by atoms with Gasteiger partial charge in [-0.25, -0.2) is 0 Å². The maximum Gasteiger partial charge on any atom is 0.0697 e. The van der Waals surface area contributed by atoms with E-state index >= 15 is 0 Å². The fourth-order valence-corrected chi connectivity index (χ4v) is 4.64. The first-order chi connectivity index (χ1) is 10.7. The Morgan fingerprint density at radius 3 is 1.55 bits per heavy atom. The lowest BCUT2D eigenvalue weighted by atomic mass is 10.2. The maximum absolute atomic E-state index is 2.41. The van der Waals surface area contributed by atoms with E-state index in [1.165, 1.54) is 46.8 Å². The van der Waals surface area contributed by atoms with E-state index in [-0.39, 0.29) is 0 Å². The van der Waals surface area contributed by atoms with Gasteiger partial charge >= 0.3 is 0 Å². The maximum atomic E-state index is 2.41. The van der Waals surface area contributed by atoms with Gasteiger partial charge in [0.1, 0.15) is 0 Å². The van der Waals surface area contributed by atoms with Gasteiger partial charge in [0, 0.05) is 27.2 Å². The van der Waals surface area contributed by atoms with Gasteiger partial charge in [0.15, 0.2) is 0 Å². The lowest BCUT2D eigenvalue weighted by Crippen LogP contribution is -2.19. The van der Waals surface area contributed by atoms with E-state index in [0.29, 0.717) is 0 Å². The highest BCUT2D eigenvalue weighted by molar-refractivity contribution is 7.21. The molecule has 0 bridgehead atoms. The number of unbranched alkanes of at least 4 members (excludes halogenated alkanes) is 2. The Balaban J connectivity index is 2.23. The van der Waals surface area contributed by atoms with E-state index in [9.17, 15) is 0 Å². The lowest BCUT2D eigenvalue weighted by molar-refractivity contribution is 0.766. The average Bonchev–Trinajstić information content (AvgIpc) is 3.17. The molecular weight excluding hydrogens is 308 g/mol. The third-order valence-electron chi connectivity index (χ3n) is 4.01. The quantitative estimate of drug-likeness (QED) is 0.558. The second-order valence-corrected chi connectivity index (χ2v) is 7.65. The molecule has 2 aromatic rings. The summed E-state index contributed by atoms with van der Waals surface area (Å²) < 4.78 is 0. The van der Waals surface area contributed by atoms with E-state index in [0.717, 1.165) is 13.1 Å². The van der Waals surface area contributed by atoms with Gasteiger partial charge in [-0.3, -0.25) is 0 Å². The highest BCUT2D eigenvalue weighted by Gasteiger charge is 2.17. The number of rotatable bonds is 9. The van der Waals surface area contributed by atoms with Gasteiger partial charge in [-0.15, -0.1) is 22.7 Å². The highest BCUT2D eigenvalue weighted by atomic mass is 32.1. The van der Waals surface area contributed by atoms with Crippen molar-refractivity contribution in [3.8, 4) is 9.75 Å². The normalized spacial score (nSPS) is 10.9. The van der Waals surface area contributed by atoms with Crippen LogP contribution in [0.1, 0.15) is 39.5 Å². The summed E-state index contributed by atoms with van der Waals surface area (Å²) in [5.74, 6) is 0. The molecule has 0 aromatic carbocycles. The minimum absolute atomic E-state index is 1.13. The first-order valence-electron chi connectivity index (χ1n) is 8.26. The molecule has 0 fully saturated rings. The molecule has 22 heavy (non-hydrogen) atoms. The third kappa shape index (κ3) is 4.05. The zero-order valence-electron chi connectivity index (χ0n) is 14.3. The van der Waals surface area contributed by atoms with E-state index in [4.69, 9.17) is 0 Å². The van der Waals surface area contributed by atoms with Crippen LogP contribution >= 0.6 is 22.7 Å². The minimum atomic E-state index is 1.13. The molecule has 2 aromatic heterocycles. The molecule has 0 spiro atoms. The number of nitrogens with zero attached hydrogens (tertiary/aromatic N) is 2. The van der Waals surface area contributed by atoms with Crippen LogP contribution in [-0.2, 0) is 0 Å². The number of hydrogen-bond donors (Lipinski definition) is 0. The Hall–Kier alpha value is -1.00. The van der Waals surface area contributed by atoms with Crippen molar-refractivity contribution in [2.24, 2.45) is 0 Å². The molecule has 0 radical (unpaired) electrons. The molecule has 0 saturated heterocycles. The van der Waals surface area contributed by atoms with Crippen molar-refractivity contribution in [3.05, 3.63) is 22.9 Å². The van der Waals surface area contributed by atoms with Crippen molar-refractivity contribution in [1.29, 1.82) is 0 Å². The summed E-state index contributed by atoms with van der Waals surface area (Å²) in [7, 11) is 4.44. The lowest BCUT2D eigenvalue weighted by Gasteiger charge is -2.22. The van der Waals surface area contributed by atoms with E-state index in [1.807, 2.05) is 22.7 Å². The molecule has 0 amide bonds. The molecule has 2 nitrogen and oxygen atoms in total. The monoisotopic (exact) mass is 336 g/mol. The largest absolute Gasteiger partial charge is 0.373 e. The van der Waals surface area contributed by atoms with Crippen molar-refractivity contribution in [1.82, 2.24) is 0 Å². The summed E-state index contributed by atoms with van der Waals surface area (Å²) in [4.78, 5) is 7.66. The summed E-state index contributed by atoms with van der Waals surface area (Å²) >= 11 is 3.73. The van der Waals surface area contributed by atoms with Crippen molar-refractivity contribution >= 4 is 34.0 Å². The zero-order valence-corrected chi connectivity index (χ0v) is 15.9. The number of thiophene rings is 2. The third-order valence-corrected chi connectivity index (χ3v) is 5.98. The van der Waals surface area contributed by atoms with E-state index in [2.05, 4.69) is 60.6 Å². The fraction of sp³-hybridized carbons (Fsp3) is 0.556. The van der Waals surface area contributed by atoms with Crippen LogP contribution in [0.15, 0.2) is 22.9 Å². The minimum Gasteiger partial charge on any atom is -0.373 e. The van der Waals surface area contributed by atoms with Crippen LogP contribution in [0, 0.1) is 0 Å². The molecule has 0 aliphatic heterocycles. The van der Waals surface area contributed by atoms with Crippen molar-refractivity contribution in [2.45, 2.75) is 39.5 Å². The molecule has 2 rings (SSSR count). The molecule has 0 saturated carbocycles. The van der Waals surface area contributed by atoms with Gasteiger partial charge in [-0.05, 0) is 35.7 Å². The van der Waals surface area contributed by atoms with Gasteiger partial charge in [0.05, 0.1) is 21.1 Å². The Bertz CT molecular complexity index is 509. The van der Waals surface area contributed by atoms with Crippen LogP contribution in [0.2, 0.25) is 0 Å². The Kier molecular flexibility index (Phi) is 6.77. The van der Waals surface area contributed by atoms with E-state index < -0.39 is 0 Å². The molecule has 0 aliphatic carbocycles. The SMILES string of the molecule is CCCCN(C)c1ccsc1-c1sccc1N(C)CCCC. The summed E-state index contributed by atoms with van der Waals surface area (Å²) in [6.45, 7) is 6.77. The van der Waals surface area contributed by atoms with Crippen LogP contribution in [0.3, 0.4) is 0 Å². The molecule has 2 heterocycles. The first-order valence-corrected chi connectivity index (χ1v) is 10.0. The Labute approximate surface area is 143 Å². The van der Waals surface area contributed by atoms with Gasteiger partial charge < -0.3 is 9.80 Å². The van der Waals surface area contributed by atoms with Gasteiger partial charge in [-0.1, -0.05) is 26.7 Å². The van der Waals surface area contributed by atoms with Gasteiger partial charge in [0.2, 0.25) is 0 Å². The van der Waals surface area contributed by atoms with Crippen LogP contribution in [0.5, 0.6) is 0 Å². The highest BCUT2D eigenvalue weighted by Crippen LogP contribution is 2.44. The zero-order chi connectivity index (χ0) is 15.9. The molecule has 4 heteroatoms. The standard InChI is InChI=1S/C18H28N2S2/c1-5-7-11-19(3)15-9-13-21-17(15)18-16(10-14-22-18)20(4)12-8-6-2/h9-10,13-14H,5-8,11-12H2,1-4H3. The summed E-state index contributed by atoms with van der Waals surface area (Å²) in [5.41, 5.74) is 2.76. The van der Waals surface area contributed by atoms with Crippen LogP contribution in [0.4, 0.5) is 11.4 Å². The molecule has 122 valence electrons. The first kappa shape index (κ1) is 17.4. The second-order valence-electron chi connectivity index (χ2n) is 5.82. The predicted octanol–water partition coefficient (Wildman–Crippen LogP) is 5.95. The Morgan fingerprint density at radius 2 is 1.18 bits per heavy atom. The fourth-order valence-electron chi connectivity index (χ4n) is 2.58. The summed E-state index contributed by atoms with van der Waals surface area (Å²) in [5, 5.41) is 4.45. The second kappa shape index (κ2) is 8.59. The van der Waals surface area contributed by atoms with Crippen LogP contribution in [0.25, 0.3) is 9.75 Å². The summed E-state index contributed by atoms with van der Waals surface area (Å²) in [6, 6.07) is 4.54. The smallest absolute Gasteiger partial charge is 0.0697 e. The molecule has 0 unspecified atom stereocenters. The van der Waals surface area contributed by atoms with Crippen molar-refractivity contribution in [3.63, 3.8) is 0 Å². The van der Waals surface area contributed by atoms with Crippen molar-refractivity contribution in [2.75, 3.05) is 37.0 Å². The van der Waals surface area contributed by atoms with Crippen molar-refractivity contribution < 1.29 is 0 Å². The Morgan fingerprint density at radius 1 is 0.773 bits per heavy atom. The predicted molar refractivity (Wildman–Crippen MR) is 104 cm³/mol. The molecular formula is C18H28N2S2. The molecule has 0 atom stereocenters. The van der Waals surface area contributed by atoms with Crippen LogP contribution in [-0.4, -0.2) is 27.2 Å². The molecule has 0 N–H and O–H groups in total. The van der Waals surface area contributed by atoms with Crippen LogP contribution < -0.4 is 9.80 Å². The van der Waals surface area contributed by atoms with Gasteiger partial charge in [-0.2, -0.15) is 0 Å². The van der Waals surface area contributed by atoms with E-state index in [1.54, 1.807) is 0 Å². The number of hydrogen-bond acceptors (Lipinski definition) is 4. The average molecular weight is 337 g/mol. The number of anilines is 2. The topological polar surface area (TPSA) is 6.48 Å². The van der Waals surface area contributed by atoms with Gasteiger partial charge in [0.25, 0.3) is 0 Å².